The topological polar surface area (TPSA) is 78.9 Å². The molecule has 2 N–H and O–H groups in total. The summed E-state index contributed by atoms with van der Waals surface area (Å²) in [6.45, 7) is 0.400. The molecule has 1 aliphatic rings. The second-order valence-electron chi connectivity index (χ2n) is 5.56. The van der Waals surface area contributed by atoms with Crippen LogP contribution in [0.15, 0.2) is 54.6 Å². The number of nitrogens with one attached hydrogen (secondary N) is 1. The van der Waals surface area contributed by atoms with Crippen molar-refractivity contribution in [2.24, 2.45) is 0 Å². The maximum atomic E-state index is 12.3. The Hall–Kier alpha value is -3.02. The third-order valence-corrected chi connectivity index (χ3v) is 3.90. The number of anilines is 1. The summed E-state index contributed by atoms with van der Waals surface area (Å²) < 4.78 is 5.69. The third kappa shape index (κ3) is 3.65. The molecular weight excluding hydrogens is 308 g/mol. The first-order valence-electron chi connectivity index (χ1n) is 7.77. The summed E-state index contributed by atoms with van der Waals surface area (Å²) in [5.41, 5.74) is 0.609. The molecule has 1 heterocycles. The van der Waals surface area contributed by atoms with Gasteiger partial charge in [0.15, 0.2) is 0 Å². The first-order valence-corrected chi connectivity index (χ1v) is 7.77. The summed E-state index contributed by atoms with van der Waals surface area (Å²) in [5, 5.41) is 11.9. The molecule has 2 aromatic rings. The molecule has 1 saturated heterocycles. The van der Waals surface area contributed by atoms with Crippen LogP contribution in [0.4, 0.5) is 10.5 Å². The van der Waals surface area contributed by atoms with Gasteiger partial charge in [-0.1, -0.05) is 18.2 Å². The van der Waals surface area contributed by atoms with Gasteiger partial charge in [-0.2, -0.15) is 0 Å². The normalized spacial score (nSPS) is 16.7. The number of nitrogens with zero attached hydrogens (tertiary/aromatic N) is 1. The average Bonchev–Trinajstić information content (AvgIpc) is 3.08. The Labute approximate surface area is 139 Å². The number of hydrogen-bond acceptors (Lipinski definition) is 3. The first kappa shape index (κ1) is 15.9. The van der Waals surface area contributed by atoms with Gasteiger partial charge in [0.05, 0.1) is 0 Å². The average molecular weight is 326 g/mol. The number of rotatable bonds is 4. The minimum absolute atomic E-state index is 0.299. The van der Waals surface area contributed by atoms with E-state index < -0.39 is 12.1 Å². The van der Waals surface area contributed by atoms with E-state index in [1.54, 1.807) is 24.3 Å². The zero-order valence-corrected chi connectivity index (χ0v) is 13.0. The molecule has 0 spiro atoms. The van der Waals surface area contributed by atoms with Crippen LogP contribution < -0.4 is 10.1 Å². The Balaban J connectivity index is 1.62. The van der Waals surface area contributed by atoms with Crippen LogP contribution in [0.5, 0.6) is 11.5 Å². The summed E-state index contributed by atoms with van der Waals surface area (Å²) in [5.74, 6) is 1.09. The van der Waals surface area contributed by atoms with Crippen molar-refractivity contribution in [1.29, 1.82) is 0 Å². The van der Waals surface area contributed by atoms with Crippen LogP contribution in [-0.2, 0) is 4.79 Å². The fraction of sp³-hybridized carbons (Fsp3) is 0.222. The Bertz CT molecular complexity index is 716. The van der Waals surface area contributed by atoms with E-state index in [9.17, 15) is 9.59 Å². The highest BCUT2D eigenvalue weighted by Crippen LogP contribution is 2.24. The van der Waals surface area contributed by atoms with Gasteiger partial charge in [-0.15, -0.1) is 0 Å². The minimum atomic E-state index is -1.06. The van der Waals surface area contributed by atoms with Crippen LogP contribution in [-0.4, -0.2) is 34.6 Å². The van der Waals surface area contributed by atoms with E-state index in [0.717, 1.165) is 5.75 Å². The van der Waals surface area contributed by atoms with Crippen LogP contribution in [0.25, 0.3) is 0 Å². The molecule has 0 bridgehead atoms. The highest BCUT2D eigenvalue weighted by molar-refractivity contribution is 5.96. The molecule has 6 heteroatoms. The molecule has 2 aromatic carbocycles. The monoisotopic (exact) mass is 326 g/mol. The lowest BCUT2D eigenvalue weighted by Gasteiger charge is -2.20. The van der Waals surface area contributed by atoms with Gasteiger partial charge in [-0.25, -0.2) is 4.79 Å². The lowest BCUT2D eigenvalue weighted by molar-refractivity contribution is -0.119. The van der Waals surface area contributed by atoms with Gasteiger partial charge in [0.1, 0.15) is 17.5 Å². The van der Waals surface area contributed by atoms with Crippen molar-refractivity contribution in [3.8, 4) is 11.5 Å². The lowest BCUT2D eigenvalue weighted by Crippen LogP contribution is -2.42. The van der Waals surface area contributed by atoms with E-state index in [4.69, 9.17) is 9.84 Å². The largest absolute Gasteiger partial charge is 0.465 e. The summed E-state index contributed by atoms with van der Waals surface area (Å²) in [4.78, 5) is 24.6. The maximum absolute atomic E-state index is 12.3. The summed E-state index contributed by atoms with van der Waals surface area (Å²) >= 11 is 0. The molecule has 0 aromatic heterocycles. The van der Waals surface area contributed by atoms with Crippen molar-refractivity contribution in [2.75, 3.05) is 11.9 Å². The highest BCUT2D eigenvalue weighted by Gasteiger charge is 2.33. The van der Waals surface area contributed by atoms with E-state index >= 15 is 0 Å². The van der Waals surface area contributed by atoms with Gasteiger partial charge < -0.3 is 15.2 Å². The second-order valence-corrected chi connectivity index (χ2v) is 5.56. The molecule has 3 rings (SSSR count). The molecule has 1 aliphatic heterocycles. The number of carbonyl (C=O) groups excluding carboxylic acids is 1. The summed E-state index contributed by atoms with van der Waals surface area (Å²) in [6.07, 6.45) is 0.195. The predicted octanol–water partition coefficient (Wildman–Crippen LogP) is 3.56. The Kier molecular flexibility index (Phi) is 4.65. The standard InChI is InChI=1S/C18H18N2O4/c21-17(16-7-4-12-20(16)18(22)23)19-13-8-10-15(11-9-13)24-14-5-2-1-3-6-14/h1-3,5-6,8-11,16H,4,7,12H2,(H,19,21)(H,22,23). The number of hydrogen-bond donors (Lipinski definition) is 2. The molecule has 24 heavy (non-hydrogen) atoms. The quantitative estimate of drug-likeness (QED) is 0.900. The van der Waals surface area contributed by atoms with Crippen molar-refractivity contribution in [2.45, 2.75) is 18.9 Å². The number of carbonyl (C=O) groups is 2. The fourth-order valence-corrected chi connectivity index (χ4v) is 2.72. The molecule has 1 unspecified atom stereocenters. The van der Waals surface area contributed by atoms with Crippen molar-refractivity contribution >= 4 is 17.7 Å². The van der Waals surface area contributed by atoms with Gasteiger partial charge in [-0.3, -0.25) is 9.69 Å². The number of benzene rings is 2. The van der Waals surface area contributed by atoms with E-state index in [1.165, 1.54) is 4.90 Å². The number of carboxylic acid groups (broad SMARTS) is 1. The van der Waals surface area contributed by atoms with Crippen molar-refractivity contribution < 1.29 is 19.4 Å². The van der Waals surface area contributed by atoms with Gasteiger partial charge in [0, 0.05) is 12.2 Å². The van der Waals surface area contributed by atoms with Gasteiger partial charge >= 0.3 is 6.09 Å². The van der Waals surface area contributed by atoms with Gasteiger partial charge in [-0.05, 0) is 49.2 Å². The molecule has 1 fully saturated rings. The molecule has 1 atom stereocenters. The zero-order chi connectivity index (χ0) is 16.9. The van der Waals surface area contributed by atoms with Crippen molar-refractivity contribution in [3.05, 3.63) is 54.6 Å². The van der Waals surface area contributed by atoms with Crippen LogP contribution in [0.2, 0.25) is 0 Å². The highest BCUT2D eigenvalue weighted by atomic mass is 16.5. The van der Waals surface area contributed by atoms with Crippen LogP contribution in [0, 0.1) is 0 Å². The molecular formula is C18H18N2O4. The Morgan fingerprint density at radius 1 is 1.04 bits per heavy atom. The third-order valence-electron chi connectivity index (χ3n) is 3.90. The van der Waals surface area contributed by atoms with E-state index in [-0.39, 0.29) is 5.91 Å². The fourth-order valence-electron chi connectivity index (χ4n) is 2.72. The van der Waals surface area contributed by atoms with Crippen molar-refractivity contribution in [1.82, 2.24) is 4.90 Å². The molecule has 0 saturated carbocycles. The van der Waals surface area contributed by atoms with Crippen LogP contribution in [0.1, 0.15) is 12.8 Å². The Morgan fingerprint density at radius 2 is 1.71 bits per heavy atom. The van der Waals surface area contributed by atoms with Crippen LogP contribution >= 0.6 is 0 Å². The SMILES string of the molecule is O=C(Nc1ccc(Oc2ccccc2)cc1)C1CCCN1C(=O)O. The number of amides is 2. The maximum Gasteiger partial charge on any atom is 0.407 e. The Morgan fingerprint density at radius 3 is 2.38 bits per heavy atom. The number of ether oxygens (including phenoxy) is 1. The molecule has 2 amide bonds. The zero-order valence-electron chi connectivity index (χ0n) is 13.0. The summed E-state index contributed by atoms with van der Waals surface area (Å²) in [7, 11) is 0. The van der Waals surface area contributed by atoms with Crippen molar-refractivity contribution in [3.63, 3.8) is 0 Å². The van der Waals surface area contributed by atoms with E-state index in [0.29, 0.717) is 30.8 Å². The molecule has 6 nitrogen and oxygen atoms in total. The number of likely N-dealkylation sites (tertiary alicyclic amines) is 1. The smallest absolute Gasteiger partial charge is 0.407 e. The van der Waals surface area contributed by atoms with E-state index in [2.05, 4.69) is 5.32 Å². The predicted molar refractivity (Wildman–Crippen MR) is 89.3 cm³/mol. The molecule has 0 aliphatic carbocycles. The molecule has 0 radical (unpaired) electrons. The van der Waals surface area contributed by atoms with Gasteiger partial charge in [0.25, 0.3) is 0 Å². The van der Waals surface area contributed by atoms with E-state index in [1.807, 2.05) is 30.3 Å². The van der Waals surface area contributed by atoms with Gasteiger partial charge in [0.2, 0.25) is 5.91 Å². The van der Waals surface area contributed by atoms with Crippen LogP contribution in [0.3, 0.4) is 0 Å². The second kappa shape index (κ2) is 7.04. The molecule has 124 valence electrons. The minimum Gasteiger partial charge on any atom is -0.465 e. The lowest BCUT2D eigenvalue weighted by atomic mass is 10.2. The first-order chi connectivity index (χ1) is 11.6. The number of para-hydroxylation sites is 1. The summed E-state index contributed by atoms with van der Waals surface area (Å²) in [6, 6.07) is 15.8.